The van der Waals surface area contributed by atoms with Crippen LogP contribution < -0.4 is 11.1 Å². The second-order valence-electron chi connectivity index (χ2n) is 10.7. The Labute approximate surface area is 239 Å². The summed E-state index contributed by atoms with van der Waals surface area (Å²) in [6, 6.07) is 33.3. The molecule has 0 saturated heterocycles. The number of nitrogens with one attached hydrogen (secondary N) is 2. The Morgan fingerprint density at radius 1 is 0.878 bits per heavy atom. The number of nitrogens with two attached hydrogens (primary N) is 1. The maximum atomic E-state index is 11.9. The number of aromatic nitrogens is 4. The molecule has 1 amide bonds. The normalized spacial score (nSPS) is 13.0. The van der Waals surface area contributed by atoms with Gasteiger partial charge >= 0.3 is 0 Å². The van der Waals surface area contributed by atoms with E-state index in [2.05, 4.69) is 93.9 Å². The molecule has 0 saturated carbocycles. The van der Waals surface area contributed by atoms with E-state index >= 15 is 0 Å². The summed E-state index contributed by atoms with van der Waals surface area (Å²) in [5.41, 5.74) is 10.3. The molecule has 6 rings (SSSR count). The van der Waals surface area contributed by atoms with Crippen molar-refractivity contribution in [3.8, 4) is 0 Å². The molecule has 206 valence electrons. The standard InChI is InChI=1S/C34H34N6O/c1-23(33(35)41)20-36-31(19-27-21-37-30-17-8-7-16-29(27)30)34-39-38-32(18-24-10-3-2-4-11-24)40(34)22-26-14-9-13-25-12-5-6-15-28(25)26/h2-17,21,23,31,36-37H,18-20,22H2,1H3,(H2,35,41)/t23?,31-/m1/s1. The molecule has 2 atom stereocenters. The van der Waals surface area contributed by atoms with E-state index in [0.717, 1.165) is 17.2 Å². The maximum absolute atomic E-state index is 11.9. The average molecular weight is 543 g/mol. The largest absolute Gasteiger partial charge is 0.369 e. The predicted octanol–water partition coefficient (Wildman–Crippen LogP) is 5.55. The van der Waals surface area contributed by atoms with Crippen LogP contribution in [0.1, 0.15) is 41.3 Å². The minimum absolute atomic E-state index is 0.192. The molecule has 0 bridgehead atoms. The van der Waals surface area contributed by atoms with Crippen molar-refractivity contribution in [1.29, 1.82) is 0 Å². The van der Waals surface area contributed by atoms with Gasteiger partial charge in [0.05, 0.1) is 12.6 Å². The van der Waals surface area contributed by atoms with Crippen molar-refractivity contribution < 1.29 is 4.79 Å². The maximum Gasteiger partial charge on any atom is 0.221 e. The first kappa shape index (κ1) is 26.5. The molecular formula is C34H34N6O. The minimum Gasteiger partial charge on any atom is -0.369 e. The molecule has 6 aromatic rings. The SMILES string of the molecule is CC(CN[C@H](Cc1c[nH]c2ccccc12)c1nnc(Cc2ccccc2)n1Cc1cccc2ccccc12)C(N)=O. The Bertz CT molecular complexity index is 1780. The zero-order valence-electron chi connectivity index (χ0n) is 23.1. The van der Waals surface area contributed by atoms with E-state index in [1.165, 1.54) is 32.8 Å². The van der Waals surface area contributed by atoms with Crippen molar-refractivity contribution in [2.75, 3.05) is 6.54 Å². The number of H-pyrrole nitrogens is 1. The van der Waals surface area contributed by atoms with Crippen LogP contribution in [0, 0.1) is 5.92 Å². The van der Waals surface area contributed by atoms with Gasteiger partial charge in [0.15, 0.2) is 5.82 Å². The van der Waals surface area contributed by atoms with E-state index in [0.29, 0.717) is 25.9 Å². The third-order valence-electron chi connectivity index (χ3n) is 7.84. The highest BCUT2D eigenvalue weighted by Gasteiger charge is 2.25. The van der Waals surface area contributed by atoms with Gasteiger partial charge in [-0.25, -0.2) is 0 Å². The molecule has 0 fully saturated rings. The summed E-state index contributed by atoms with van der Waals surface area (Å²) in [5.74, 6) is 1.09. The Morgan fingerprint density at radius 2 is 1.61 bits per heavy atom. The number of fused-ring (bicyclic) bond motifs is 2. The second kappa shape index (κ2) is 11.8. The van der Waals surface area contributed by atoms with Gasteiger partial charge in [0.25, 0.3) is 0 Å². The van der Waals surface area contributed by atoms with Crippen LogP contribution in [0.3, 0.4) is 0 Å². The molecule has 0 spiro atoms. The van der Waals surface area contributed by atoms with Crippen molar-refractivity contribution in [1.82, 2.24) is 25.1 Å². The van der Waals surface area contributed by atoms with Crippen LogP contribution in [0.2, 0.25) is 0 Å². The number of hydrogen-bond acceptors (Lipinski definition) is 4. The number of para-hydroxylation sites is 1. The molecule has 0 aliphatic heterocycles. The summed E-state index contributed by atoms with van der Waals surface area (Å²) in [5, 5.41) is 16.7. The second-order valence-corrected chi connectivity index (χ2v) is 10.7. The fourth-order valence-electron chi connectivity index (χ4n) is 5.48. The Morgan fingerprint density at radius 3 is 2.44 bits per heavy atom. The molecule has 0 aliphatic carbocycles. The highest BCUT2D eigenvalue weighted by Crippen LogP contribution is 2.27. The molecule has 4 aromatic carbocycles. The zero-order valence-corrected chi connectivity index (χ0v) is 23.1. The molecule has 7 heteroatoms. The number of rotatable bonds is 11. The zero-order chi connectivity index (χ0) is 28.2. The highest BCUT2D eigenvalue weighted by atomic mass is 16.1. The van der Waals surface area contributed by atoms with Crippen LogP contribution in [0.15, 0.2) is 103 Å². The van der Waals surface area contributed by atoms with Crippen molar-refractivity contribution in [3.05, 3.63) is 132 Å². The van der Waals surface area contributed by atoms with Crippen LogP contribution in [0.25, 0.3) is 21.7 Å². The van der Waals surface area contributed by atoms with Crippen LogP contribution in [0.4, 0.5) is 0 Å². The topological polar surface area (TPSA) is 102 Å². The molecule has 41 heavy (non-hydrogen) atoms. The summed E-state index contributed by atoms with van der Waals surface area (Å²) in [6.07, 6.45) is 3.40. The summed E-state index contributed by atoms with van der Waals surface area (Å²) in [6.45, 7) is 2.92. The van der Waals surface area contributed by atoms with Crippen molar-refractivity contribution >= 4 is 27.6 Å². The molecular weight excluding hydrogens is 508 g/mol. The lowest BCUT2D eigenvalue weighted by Crippen LogP contribution is -2.35. The Balaban J connectivity index is 1.43. The fourth-order valence-corrected chi connectivity index (χ4v) is 5.48. The molecule has 4 N–H and O–H groups in total. The van der Waals surface area contributed by atoms with Gasteiger partial charge in [-0.05, 0) is 39.9 Å². The molecule has 2 heterocycles. The van der Waals surface area contributed by atoms with Crippen LogP contribution in [-0.2, 0) is 24.2 Å². The van der Waals surface area contributed by atoms with E-state index in [1.807, 2.05) is 31.2 Å². The summed E-state index contributed by atoms with van der Waals surface area (Å²) in [4.78, 5) is 15.3. The van der Waals surface area contributed by atoms with Crippen LogP contribution >= 0.6 is 0 Å². The van der Waals surface area contributed by atoms with Gasteiger partial charge in [-0.3, -0.25) is 4.79 Å². The smallest absolute Gasteiger partial charge is 0.221 e. The number of hydrogen-bond donors (Lipinski definition) is 3. The van der Waals surface area contributed by atoms with Crippen molar-refractivity contribution in [3.63, 3.8) is 0 Å². The number of carbonyl (C=O) groups is 1. The van der Waals surface area contributed by atoms with Gasteiger partial charge in [-0.2, -0.15) is 0 Å². The van der Waals surface area contributed by atoms with E-state index in [9.17, 15) is 4.79 Å². The Hall–Kier alpha value is -4.75. The molecule has 1 unspecified atom stereocenters. The molecule has 2 aromatic heterocycles. The minimum atomic E-state index is -0.328. The monoisotopic (exact) mass is 542 g/mol. The van der Waals surface area contributed by atoms with Gasteiger partial charge in [-0.15, -0.1) is 10.2 Å². The number of nitrogens with zero attached hydrogens (tertiary/aromatic N) is 3. The lowest BCUT2D eigenvalue weighted by atomic mass is 10.0. The third kappa shape index (κ3) is 5.76. The van der Waals surface area contributed by atoms with Gasteiger partial charge in [0.1, 0.15) is 5.82 Å². The third-order valence-corrected chi connectivity index (χ3v) is 7.84. The average Bonchev–Trinajstić information content (AvgIpc) is 3.59. The number of primary amides is 1. The summed E-state index contributed by atoms with van der Waals surface area (Å²) >= 11 is 0. The van der Waals surface area contributed by atoms with E-state index in [1.54, 1.807) is 0 Å². The first-order valence-corrected chi connectivity index (χ1v) is 14.1. The fraction of sp³-hybridized carbons (Fsp3) is 0.206. The predicted molar refractivity (Wildman–Crippen MR) is 163 cm³/mol. The number of aromatic amines is 1. The Kier molecular flexibility index (Phi) is 7.60. The van der Waals surface area contributed by atoms with E-state index < -0.39 is 0 Å². The van der Waals surface area contributed by atoms with E-state index in [4.69, 9.17) is 15.9 Å². The lowest BCUT2D eigenvalue weighted by molar-refractivity contribution is -0.121. The molecule has 0 radical (unpaired) electrons. The first-order valence-electron chi connectivity index (χ1n) is 14.1. The van der Waals surface area contributed by atoms with Crippen molar-refractivity contribution in [2.24, 2.45) is 11.7 Å². The van der Waals surface area contributed by atoms with Gasteiger partial charge in [0, 0.05) is 36.0 Å². The van der Waals surface area contributed by atoms with Crippen LogP contribution in [0.5, 0.6) is 0 Å². The van der Waals surface area contributed by atoms with Crippen LogP contribution in [-0.4, -0.2) is 32.2 Å². The summed E-state index contributed by atoms with van der Waals surface area (Å²) < 4.78 is 2.25. The molecule has 7 nitrogen and oxygen atoms in total. The van der Waals surface area contributed by atoms with Gasteiger partial charge < -0.3 is 20.6 Å². The van der Waals surface area contributed by atoms with Crippen molar-refractivity contribution in [2.45, 2.75) is 32.4 Å². The van der Waals surface area contributed by atoms with Gasteiger partial charge in [0.2, 0.25) is 5.91 Å². The highest BCUT2D eigenvalue weighted by molar-refractivity contribution is 5.85. The molecule has 0 aliphatic rings. The van der Waals surface area contributed by atoms with Gasteiger partial charge in [-0.1, -0.05) is 97.9 Å². The number of amides is 1. The lowest BCUT2D eigenvalue weighted by Gasteiger charge is -2.22. The van der Waals surface area contributed by atoms with E-state index in [-0.39, 0.29) is 17.9 Å². The summed E-state index contributed by atoms with van der Waals surface area (Å²) in [7, 11) is 0. The number of benzene rings is 4. The quantitative estimate of drug-likeness (QED) is 0.200. The first-order chi connectivity index (χ1) is 20.1. The number of carbonyl (C=O) groups excluding carboxylic acids is 1.